The number of nitrogens with one attached hydrogen (secondary N) is 1. The van der Waals surface area contributed by atoms with Crippen molar-refractivity contribution in [1.29, 1.82) is 0 Å². The van der Waals surface area contributed by atoms with Crippen LogP contribution in [0.5, 0.6) is 0 Å². The lowest BCUT2D eigenvalue weighted by molar-refractivity contribution is 0.276. The lowest BCUT2D eigenvalue weighted by Gasteiger charge is -2.18. The highest BCUT2D eigenvalue weighted by molar-refractivity contribution is 9.10. The molecule has 1 atom stereocenters. The number of halogens is 3. The number of anilines is 1. The Morgan fingerprint density at radius 1 is 1.26 bits per heavy atom. The molecule has 1 unspecified atom stereocenters. The van der Waals surface area contributed by atoms with Crippen molar-refractivity contribution in [3.8, 4) is 0 Å². The van der Waals surface area contributed by atoms with Crippen molar-refractivity contribution in [1.82, 2.24) is 0 Å². The second kappa shape index (κ2) is 6.37. The molecule has 0 aliphatic carbocycles. The summed E-state index contributed by atoms with van der Waals surface area (Å²) in [6.07, 6.45) is 0. The second-order valence-corrected chi connectivity index (χ2v) is 5.35. The SMILES string of the molecule is OCC(Nc1cccc(Cl)c1)c1ccc(Br)c(F)c1. The van der Waals surface area contributed by atoms with Crippen LogP contribution in [-0.4, -0.2) is 11.7 Å². The Morgan fingerprint density at radius 2 is 2.05 bits per heavy atom. The van der Waals surface area contributed by atoms with E-state index in [1.807, 2.05) is 6.07 Å². The van der Waals surface area contributed by atoms with E-state index in [4.69, 9.17) is 11.6 Å². The van der Waals surface area contributed by atoms with E-state index in [2.05, 4.69) is 21.2 Å². The number of benzene rings is 2. The van der Waals surface area contributed by atoms with E-state index in [1.54, 1.807) is 30.3 Å². The zero-order chi connectivity index (χ0) is 13.8. The highest BCUT2D eigenvalue weighted by Crippen LogP contribution is 2.24. The molecule has 0 amide bonds. The largest absolute Gasteiger partial charge is 0.394 e. The molecule has 0 saturated heterocycles. The Labute approximate surface area is 124 Å². The van der Waals surface area contributed by atoms with Crippen LogP contribution in [0.15, 0.2) is 46.9 Å². The standard InChI is InChI=1S/C14H12BrClFNO/c15-12-5-4-9(6-13(12)17)14(8-19)18-11-3-1-2-10(16)7-11/h1-7,14,18-19H,8H2. The van der Waals surface area contributed by atoms with E-state index >= 15 is 0 Å². The molecule has 2 N–H and O–H groups in total. The van der Waals surface area contributed by atoms with Crippen molar-refractivity contribution in [3.05, 3.63) is 63.3 Å². The van der Waals surface area contributed by atoms with Crippen molar-refractivity contribution < 1.29 is 9.50 Å². The first kappa shape index (κ1) is 14.3. The molecule has 2 rings (SSSR count). The number of rotatable bonds is 4. The van der Waals surface area contributed by atoms with Crippen LogP contribution in [0.4, 0.5) is 10.1 Å². The molecule has 0 spiro atoms. The molecule has 2 aromatic carbocycles. The molecule has 0 heterocycles. The summed E-state index contributed by atoms with van der Waals surface area (Å²) in [6, 6.07) is 11.5. The molecule has 0 aromatic heterocycles. The Kier molecular flexibility index (Phi) is 4.80. The van der Waals surface area contributed by atoms with Gasteiger partial charge in [0.05, 0.1) is 17.1 Å². The number of aliphatic hydroxyl groups is 1. The lowest BCUT2D eigenvalue weighted by atomic mass is 10.1. The molecule has 0 saturated carbocycles. The fourth-order valence-electron chi connectivity index (χ4n) is 1.74. The minimum Gasteiger partial charge on any atom is -0.394 e. The van der Waals surface area contributed by atoms with Crippen LogP contribution in [0, 0.1) is 5.82 Å². The Balaban J connectivity index is 2.22. The highest BCUT2D eigenvalue weighted by Gasteiger charge is 2.12. The molecular formula is C14H12BrClFNO. The monoisotopic (exact) mass is 343 g/mol. The van der Waals surface area contributed by atoms with Gasteiger partial charge in [-0.15, -0.1) is 0 Å². The first-order chi connectivity index (χ1) is 9.10. The van der Waals surface area contributed by atoms with Gasteiger partial charge >= 0.3 is 0 Å². The molecule has 0 bridgehead atoms. The molecule has 5 heteroatoms. The Hall–Kier alpha value is -1.10. The molecule has 0 radical (unpaired) electrons. The maximum absolute atomic E-state index is 13.5. The average molecular weight is 345 g/mol. The molecular weight excluding hydrogens is 333 g/mol. The van der Waals surface area contributed by atoms with E-state index in [9.17, 15) is 9.50 Å². The summed E-state index contributed by atoms with van der Waals surface area (Å²) in [5, 5.41) is 13.2. The van der Waals surface area contributed by atoms with Gasteiger partial charge in [-0.05, 0) is 51.8 Å². The third kappa shape index (κ3) is 3.69. The van der Waals surface area contributed by atoms with Crippen molar-refractivity contribution in [2.24, 2.45) is 0 Å². The molecule has 100 valence electrons. The molecule has 2 nitrogen and oxygen atoms in total. The van der Waals surface area contributed by atoms with Crippen LogP contribution >= 0.6 is 27.5 Å². The predicted octanol–water partition coefficient (Wildman–Crippen LogP) is 4.39. The fraction of sp³-hybridized carbons (Fsp3) is 0.143. The fourth-order valence-corrected chi connectivity index (χ4v) is 2.18. The van der Waals surface area contributed by atoms with Gasteiger partial charge in [0, 0.05) is 10.7 Å². The molecule has 19 heavy (non-hydrogen) atoms. The smallest absolute Gasteiger partial charge is 0.137 e. The van der Waals surface area contributed by atoms with Gasteiger partial charge in [0.15, 0.2) is 0 Å². The van der Waals surface area contributed by atoms with Gasteiger partial charge in [-0.25, -0.2) is 4.39 Å². The predicted molar refractivity (Wildman–Crippen MR) is 79.0 cm³/mol. The Morgan fingerprint density at radius 3 is 2.68 bits per heavy atom. The zero-order valence-corrected chi connectivity index (χ0v) is 12.2. The van der Waals surface area contributed by atoms with E-state index in [1.165, 1.54) is 6.07 Å². The third-order valence-corrected chi connectivity index (χ3v) is 3.57. The summed E-state index contributed by atoms with van der Waals surface area (Å²) in [4.78, 5) is 0. The molecule has 0 fully saturated rings. The van der Waals surface area contributed by atoms with Gasteiger partial charge in [0.25, 0.3) is 0 Å². The van der Waals surface area contributed by atoms with Crippen molar-refractivity contribution >= 4 is 33.2 Å². The van der Waals surface area contributed by atoms with Crippen LogP contribution in [0.25, 0.3) is 0 Å². The molecule has 0 aliphatic rings. The third-order valence-electron chi connectivity index (χ3n) is 2.69. The van der Waals surface area contributed by atoms with E-state index in [0.29, 0.717) is 15.1 Å². The van der Waals surface area contributed by atoms with Gasteiger partial charge in [-0.1, -0.05) is 23.7 Å². The molecule has 2 aromatic rings. The van der Waals surface area contributed by atoms with Crippen LogP contribution in [0.2, 0.25) is 5.02 Å². The summed E-state index contributed by atoms with van der Waals surface area (Å²) in [5.74, 6) is -0.358. The quantitative estimate of drug-likeness (QED) is 0.862. The van der Waals surface area contributed by atoms with Crippen LogP contribution < -0.4 is 5.32 Å². The summed E-state index contributed by atoms with van der Waals surface area (Å²) >= 11 is 9.00. The normalized spacial score (nSPS) is 12.2. The first-order valence-corrected chi connectivity index (χ1v) is 6.85. The van der Waals surface area contributed by atoms with Gasteiger partial charge in [-0.3, -0.25) is 0 Å². The first-order valence-electron chi connectivity index (χ1n) is 5.68. The van der Waals surface area contributed by atoms with Gasteiger partial charge < -0.3 is 10.4 Å². The maximum atomic E-state index is 13.5. The summed E-state index contributed by atoms with van der Waals surface area (Å²) < 4.78 is 13.9. The van der Waals surface area contributed by atoms with Crippen LogP contribution in [0.3, 0.4) is 0 Å². The number of hydrogen-bond acceptors (Lipinski definition) is 2. The number of hydrogen-bond donors (Lipinski definition) is 2. The lowest BCUT2D eigenvalue weighted by Crippen LogP contribution is -2.15. The van der Waals surface area contributed by atoms with E-state index in [0.717, 1.165) is 5.69 Å². The van der Waals surface area contributed by atoms with Gasteiger partial charge in [0.2, 0.25) is 0 Å². The average Bonchev–Trinajstić information content (AvgIpc) is 2.39. The van der Waals surface area contributed by atoms with Crippen molar-refractivity contribution in [3.63, 3.8) is 0 Å². The molecule has 0 aliphatic heterocycles. The second-order valence-electron chi connectivity index (χ2n) is 4.06. The van der Waals surface area contributed by atoms with Crippen LogP contribution in [0.1, 0.15) is 11.6 Å². The van der Waals surface area contributed by atoms with Crippen molar-refractivity contribution in [2.45, 2.75) is 6.04 Å². The van der Waals surface area contributed by atoms with Crippen molar-refractivity contribution in [2.75, 3.05) is 11.9 Å². The van der Waals surface area contributed by atoms with Crippen LogP contribution in [-0.2, 0) is 0 Å². The minimum absolute atomic E-state index is 0.145. The van der Waals surface area contributed by atoms with Gasteiger partial charge in [-0.2, -0.15) is 0 Å². The summed E-state index contributed by atoms with van der Waals surface area (Å²) in [7, 11) is 0. The highest BCUT2D eigenvalue weighted by atomic mass is 79.9. The Bertz CT molecular complexity index is 579. The zero-order valence-electron chi connectivity index (χ0n) is 9.91. The minimum atomic E-state index is -0.388. The topological polar surface area (TPSA) is 32.3 Å². The van der Waals surface area contributed by atoms with E-state index < -0.39 is 0 Å². The summed E-state index contributed by atoms with van der Waals surface area (Å²) in [5.41, 5.74) is 1.44. The number of aliphatic hydroxyl groups excluding tert-OH is 1. The van der Waals surface area contributed by atoms with Gasteiger partial charge in [0.1, 0.15) is 5.82 Å². The summed E-state index contributed by atoms with van der Waals surface area (Å²) in [6.45, 7) is -0.145. The van der Waals surface area contributed by atoms with E-state index in [-0.39, 0.29) is 18.5 Å². The maximum Gasteiger partial charge on any atom is 0.137 e.